The molecule has 1 aromatic rings. The van der Waals surface area contributed by atoms with E-state index in [1.165, 1.54) is 0 Å². The first-order valence-corrected chi connectivity index (χ1v) is 8.32. The van der Waals surface area contributed by atoms with Gasteiger partial charge in [0.1, 0.15) is 5.75 Å². The molecule has 5 heteroatoms. The van der Waals surface area contributed by atoms with Gasteiger partial charge in [-0.3, -0.25) is 4.79 Å². The van der Waals surface area contributed by atoms with Gasteiger partial charge in [-0.25, -0.2) is 0 Å². The summed E-state index contributed by atoms with van der Waals surface area (Å²) < 4.78 is 11.1. The molecule has 1 spiro atoms. The van der Waals surface area contributed by atoms with Crippen molar-refractivity contribution in [1.29, 1.82) is 0 Å². The fourth-order valence-electron chi connectivity index (χ4n) is 3.82. The fraction of sp³-hybridized carbons (Fsp3) is 0.611. The first-order valence-electron chi connectivity index (χ1n) is 8.32. The third-order valence-corrected chi connectivity index (χ3v) is 5.40. The van der Waals surface area contributed by atoms with Gasteiger partial charge in [-0.2, -0.15) is 0 Å². The van der Waals surface area contributed by atoms with Crippen molar-refractivity contribution >= 4 is 5.91 Å². The first kappa shape index (κ1) is 16.3. The van der Waals surface area contributed by atoms with E-state index in [-0.39, 0.29) is 23.5 Å². The summed E-state index contributed by atoms with van der Waals surface area (Å²) in [6.07, 6.45) is 2.59. The second-order valence-corrected chi connectivity index (χ2v) is 6.50. The zero-order valence-electron chi connectivity index (χ0n) is 13.6. The van der Waals surface area contributed by atoms with E-state index < -0.39 is 0 Å². The third-order valence-electron chi connectivity index (χ3n) is 5.40. The van der Waals surface area contributed by atoms with E-state index >= 15 is 0 Å². The highest BCUT2D eigenvalue weighted by Gasteiger charge is 2.56. The third kappa shape index (κ3) is 3.21. The van der Waals surface area contributed by atoms with Crippen molar-refractivity contribution in [2.45, 2.75) is 37.9 Å². The zero-order chi connectivity index (χ0) is 16.3. The molecule has 126 valence electrons. The smallest absolute Gasteiger partial charge is 0.225 e. The lowest BCUT2D eigenvalue weighted by atomic mass is 9.58. The lowest BCUT2D eigenvalue weighted by Gasteiger charge is -2.56. The Kier molecular flexibility index (Phi) is 4.87. The number of methoxy groups -OCH3 is 1. The molecule has 1 saturated heterocycles. The van der Waals surface area contributed by atoms with E-state index in [0.29, 0.717) is 26.1 Å². The summed E-state index contributed by atoms with van der Waals surface area (Å²) in [5.41, 5.74) is -0.133. The number of aliphatic hydroxyl groups excluding tert-OH is 1. The number of hydrogen-bond acceptors (Lipinski definition) is 4. The zero-order valence-corrected chi connectivity index (χ0v) is 13.6. The van der Waals surface area contributed by atoms with Gasteiger partial charge in [0.15, 0.2) is 0 Å². The van der Waals surface area contributed by atoms with Crippen LogP contribution < -0.4 is 4.74 Å². The van der Waals surface area contributed by atoms with Gasteiger partial charge in [-0.15, -0.1) is 0 Å². The van der Waals surface area contributed by atoms with Crippen LogP contribution in [0.1, 0.15) is 25.7 Å². The summed E-state index contributed by atoms with van der Waals surface area (Å²) in [6, 6.07) is 9.54. The molecule has 2 atom stereocenters. The van der Waals surface area contributed by atoms with Crippen LogP contribution >= 0.6 is 0 Å². The maximum atomic E-state index is 12.3. The van der Waals surface area contributed by atoms with Gasteiger partial charge in [0.25, 0.3) is 0 Å². The average molecular weight is 319 g/mol. The second-order valence-electron chi connectivity index (χ2n) is 6.50. The highest BCUT2D eigenvalue weighted by atomic mass is 16.5. The minimum Gasteiger partial charge on any atom is -0.493 e. The number of nitrogens with zero attached hydrogens (tertiary/aromatic N) is 1. The Bertz CT molecular complexity index is 525. The SMILES string of the molecule is CO[C@@H]1C[C@H](O)C12CCN(C(=O)CCOc1ccccc1)CC2. The summed E-state index contributed by atoms with van der Waals surface area (Å²) in [6.45, 7) is 1.79. The number of carbonyl (C=O) groups excluding carboxylic acids is 1. The van der Waals surface area contributed by atoms with E-state index in [9.17, 15) is 9.90 Å². The number of aliphatic hydroxyl groups is 1. The molecule has 1 aliphatic carbocycles. The van der Waals surface area contributed by atoms with Gasteiger partial charge in [-0.05, 0) is 25.0 Å². The van der Waals surface area contributed by atoms with Crippen LogP contribution in [-0.2, 0) is 9.53 Å². The molecule has 2 fully saturated rings. The number of carbonyl (C=O) groups is 1. The first-order chi connectivity index (χ1) is 11.2. The number of para-hydroxylation sites is 1. The molecular weight excluding hydrogens is 294 g/mol. The van der Waals surface area contributed by atoms with Gasteiger partial charge in [0.05, 0.1) is 25.2 Å². The van der Waals surface area contributed by atoms with Crippen molar-refractivity contribution in [2.75, 3.05) is 26.8 Å². The van der Waals surface area contributed by atoms with Crippen LogP contribution in [0.5, 0.6) is 5.75 Å². The lowest BCUT2D eigenvalue weighted by Crippen LogP contribution is -2.62. The van der Waals surface area contributed by atoms with E-state index in [2.05, 4.69) is 0 Å². The normalized spacial score (nSPS) is 25.9. The van der Waals surface area contributed by atoms with Crippen molar-refractivity contribution < 1.29 is 19.4 Å². The molecule has 0 aromatic heterocycles. The Hall–Kier alpha value is -1.59. The van der Waals surface area contributed by atoms with Gasteiger partial charge >= 0.3 is 0 Å². The number of hydrogen-bond donors (Lipinski definition) is 1. The molecule has 1 aromatic carbocycles. The van der Waals surface area contributed by atoms with Crippen molar-refractivity contribution in [3.8, 4) is 5.75 Å². The van der Waals surface area contributed by atoms with Gasteiger partial charge in [-0.1, -0.05) is 18.2 Å². The van der Waals surface area contributed by atoms with Crippen LogP contribution in [0.4, 0.5) is 0 Å². The van der Waals surface area contributed by atoms with Crippen molar-refractivity contribution in [2.24, 2.45) is 5.41 Å². The molecule has 0 radical (unpaired) electrons. The van der Waals surface area contributed by atoms with Crippen molar-refractivity contribution in [3.63, 3.8) is 0 Å². The van der Waals surface area contributed by atoms with E-state index in [1.807, 2.05) is 35.2 Å². The van der Waals surface area contributed by atoms with E-state index in [0.717, 1.165) is 25.0 Å². The Morgan fingerprint density at radius 2 is 2.00 bits per heavy atom. The summed E-state index contributed by atoms with van der Waals surface area (Å²) in [4.78, 5) is 14.2. The minimum atomic E-state index is -0.286. The largest absolute Gasteiger partial charge is 0.493 e. The van der Waals surface area contributed by atoms with Gasteiger partial charge in [0, 0.05) is 32.0 Å². The molecule has 23 heavy (non-hydrogen) atoms. The quantitative estimate of drug-likeness (QED) is 0.900. The van der Waals surface area contributed by atoms with E-state index in [4.69, 9.17) is 9.47 Å². The topological polar surface area (TPSA) is 59.0 Å². The fourth-order valence-corrected chi connectivity index (χ4v) is 3.82. The predicted molar refractivity (Wildman–Crippen MR) is 86.2 cm³/mol. The lowest BCUT2D eigenvalue weighted by molar-refractivity contribution is -0.202. The molecule has 2 aliphatic rings. The monoisotopic (exact) mass is 319 g/mol. The Balaban J connectivity index is 1.43. The molecule has 1 aliphatic heterocycles. The van der Waals surface area contributed by atoms with Crippen LogP contribution in [0.25, 0.3) is 0 Å². The maximum absolute atomic E-state index is 12.3. The Labute approximate surface area is 137 Å². The number of rotatable bonds is 5. The van der Waals surface area contributed by atoms with Crippen LogP contribution in [0.3, 0.4) is 0 Å². The number of ether oxygens (including phenoxy) is 2. The predicted octanol–water partition coefficient (Wildman–Crippen LogP) is 1.84. The van der Waals surface area contributed by atoms with Gasteiger partial charge in [0.2, 0.25) is 5.91 Å². The summed E-state index contributed by atoms with van der Waals surface area (Å²) >= 11 is 0. The molecule has 1 heterocycles. The maximum Gasteiger partial charge on any atom is 0.225 e. The Morgan fingerprint density at radius 1 is 1.30 bits per heavy atom. The molecule has 3 rings (SSSR count). The Morgan fingerprint density at radius 3 is 2.61 bits per heavy atom. The highest BCUT2D eigenvalue weighted by molar-refractivity contribution is 5.76. The molecule has 0 bridgehead atoms. The molecule has 0 unspecified atom stereocenters. The van der Waals surface area contributed by atoms with Crippen molar-refractivity contribution in [1.82, 2.24) is 4.90 Å². The molecule has 1 N–H and O–H groups in total. The van der Waals surface area contributed by atoms with Gasteiger partial charge < -0.3 is 19.5 Å². The van der Waals surface area contributed by atoms with Crippen LogP contribution in [-0.4, -0.2) is 54.9 Å². The number of benzene rings is 1. The number of piperidine rings is 1. The molecule has 5 nitrogen and oxygen atoms in total. The van der Waals surface area contributed by atoms with E-state index in [1.54, 1.807) is 7.11 Å². The summed E-state index contributed by atoms with van der Waals surface area (Å²) in [7, 11) is 1.71. The second kappa shape index (κ2) is 6.89. The average Bonchev–Trinajstić information content (AvgIpc) is 2.60. The molecule has 1 amide bonds. The molecular formula is C18H25NO4. The summed E-state index contributed by atoms with van der Waals surface area (Å²) in [5, 5.41) is 10.1. The summed E-state index contributed by atoms with van der Waals surface area (Å²) in [5.74, 6) is 0.914. The minimum absolute atomic E-state index is 0.124. The van der Waals surface area contributed by atoms with Crippen molar-refractivity contribution in [3.05, 3.63) is 30.3 Å². The van der Waals surface area contributed by atoms with Crippen LogP contribution in [0, 0.1) is 5.41 Å². The number of amides is 1. The number of likely N-dealkylation sites (tertiary alicyclic amines) is 1. The standard InChI is InChI=1S/C18H25NO4/c1-22-16-13-15(20)18(16)8-10-19(11-9-18)17(21)7-12-23-14-5-3-2-4-6-14/h2-6,15-16,20H,7-13H2,1H3/t15-,16+/m0/s1. The molecule has 1 saturated carbocycles. The van der Waals surface area contributed by atoms with Crippen LogP contribution in [0.15, 0.2) is 30.3 Å². The highest BCUT2D eigenvalue weighted by Crippen LogP contribution is 2.50. The van der Waals surface area contributed by atoms with Crippen LogP contribution in [0.2, 0.25) is 0 Å².